The van der Waals surface area contributed by atoms with Crippen molar-refractivity contribution < 1.29 is 0 Å². The minimum Gasteiger partial charge on any atom is -0.295 e. The highest BCUT2D eigenvalue weighted by molar-refractivity contribution is 9.09. The molecule has 0 aliphatic heterocycles. The number of imidazole rings is 1. The molecule has 1 heterocycles. The Labute approximate surface area is 115 Å². The number of hydrogen-bond acceptors (Lipinski definition) is 1. The third-order valence-electron chi connectivity index (χ3n) is 4.16. The highest BCUT2D eigenvalue weighted by atomic mass is 79.9. The van der Waals surface area contributed by atoms with Crippen molar-refractivity contribution in [2.45, 2.75) is 18.2 Å². The summed E-state index contributed by atoms with van der Waals surface area (Å²) < 4.78 is 3.41. The Hall–Kier alpha value is -1.03. The van der Waals surface area contributed by atoms with Crippen molar-refractivity contribution in [2.24, 2.45) is 25.9 Å². The van der Waals surface area contributed by atoms with Crippen LogP contribution in [0.4, 0.5) is 0 Å². The first kappa shape index (κ1) is 12.0. The standard InChI is InChI=1S/C14H17BrN2O/c1-8-6-10(8)13(15)9-4-5-11-12(7-9)17(3)14(18)16(11)2/h4-5,7-8,10,13H,6H2,1-3H3. The van der Waals surface area contributed by atoms with Crippen LogP contribution in [0.5, 0.6) is 0 Å². The fourth-order valence-electron chi connectivity index (χ4n) is 2.70. The topological polar surface area (TPSA) is 26.9 Å². The van der Waals surface area contributed by atoms with Gasteiger partial charge in [-0.25, -0.2) is 4.79 Å². The second-order valence-electron chi connectivity index (χ2n) is 5.43. The Morgan fingerprint density at radius 2 is 1.89 bits per heavy atom. The van der Waals surface area contributed by atoms with Crippen molar-refractivity contribution >= 4 is 27.0 Å². The number of hydrogen-bond donors (Lipinski definition) is 0. The van der Waals surface area contributed by atoms with Gasteiger partial charge in [-0.15, -0.1) is 0 Å². The number of aromatic nitrogens is 2. The highest BCUT2D eigenvalue weighted by Gasteiger charge is 2.38. The lowest BCUT2D eigenvalue weighted by Crippen LogP contribution is -2.19. The molecule has 1 aromatic carbocycles. The monoisotopic (exact) mass is 308 g/mol. The molecule has 0 radical (unpaired) electrons. The summed E-state index contributed by atoms with van der Waals surface area (Å²) in [5.41, 5.74) is 3.32. The Kier molecular flexibility index (Phi) is 2.66. The number of fused-ring (bicyclic) bond motifs is 1. The normalized spacial score (nSPS) is 24.4. The average Bonchev–Trinajstić information content (AvgIpc) is 3.07. The molecule has 4 heteroatoms. The van der Waals surface area contributed by atoms with Crippen molar-refractivity contribution in [3.05, 3.63) is 34.2 Å². The second kappa shape index (κ2) is 3.98. The molecule has 3 atom stereocenters. The van der Waals surface area contributed by atoms with Crippen LogP contribution in [0.25, 0.3) is 11.0 Å². The molecule has 0 bridgehead atoms. The molecule has 96 valence electrons. The first-order valence-electron chi connectivity index (χ1n) is 6.30. The molecule has 3 rings (SSSR count). The van der Waals surface area contributed by atoms with Crippen LogP contribution in [0.3, 0.4) is 0 Å². The van der Waals surface area contributed by atoms with E-state index in [1.165, 1.54) is 12.0 Å². The molecule has 0 saturated heterocycles. The molecule has 0 spiro atoms. The van der Waals surface area contributed by atoms with Crippen molar-refractivity contribution in [3.8, 4) is 0 Å². The van der Waals surface area contributed by atoms with Crippen LogP contribution < -0.4 is 5.69 Å². The molecular formula is C14H17BrN2O. The van der Waals surface area contributed by atoms with Crippen LogP contribution in [-0.4, -0.2) is 9.13 Å². The number of rotatable bonds is 2. The lowest BCUT2D eigenvalue weighted by molar-refractivity contribution is 0.740. The zero-order valence-electron chi connectivity index (χ0n) is 10.9. The van der Waals surface area contributed by atoms with E-state index in [9.17, 15) is 4.79 Å². The van der Waals surface area contributed by atoms with Gasteiger partial charge in [0.15, 0.2) is 0 Å². The summed E-state index contributed by atoms with van der Waals surface area (Å²) in [5, 5.41) is 0. The summed E-state index contributed by atoms with van der Waals surface area (Å²) in [7, 11) is 3.65. The zero-order chi connectivity index (χ0) is 13.0. The SMILES string of the molecule is CC1CC1C(Br)c1ccc2c(c1)n(C)c(=O)n2C. The number of alkyl halides is 1. The Balaban J connectivity index is 2.11. The molecule has 2 aromatic rings. The maximum absolute atomic E-state index is 11.9. The van der Waals surface area contributed by atoms with E-state index in [0.29, 0.717) is 4.83 Å². The lowest BCUT2D eigenvalue weighted by Gasteiger charge is -2.09. The molecule has 1 fully saturated rings. The first-order valence-corrected chi connectivity index (χ1v) is 7.21. The third kappa shape index (κ3) is 1.66. The van der Waals surface area contributed by atoms with Crippen LogP contribution in [0.2, 0.25) is 0 Å². The van der Waals surface area contributed by atoms with Gasteiger partial charge in [0.2, 0.25) is 0 Å². The summed E-state index contributed by atoms with van der Waals surface area (Å²) in [6, 6.07) is 6.32. The van der Waals surface area contributed by atoms with E-state index >= 15 is 0 Å². The number of aryl methyl sites for hydroxylation is 2. The molecule has 18 heavy (non-hydrogen) atoms. The van der Waals surface area contributed by atoms with Gasteiger partial charge in [-0.1, -0.05) is 28.9 Å². The first-order chi connectivity index (χ1) is 8.50. The van der Waals surface area contributed by atoms with Crippen molar-refractivity contribution in [3.63, 3.8) is 0 Å². The Bertz CT molecular complexity index is 670. The molecule has 1 aliphatic carbocycles. The van der Waals surface area contributed by atoms with E-state index in [4.69, 9.17) is 0 Å². The molecule has 3 unspecified atom stereocenters. The maximum Gasteiger partial charge on any atom is 0.328 e. The Morgan fingerprint density at radius 1 is 1.28 bits per heavy atom. The van der Waals surface area contributed by atoms with E-state index in [1.54, 1.807) is 9.13 Å². The molecular weight excluding hydrogens is 292 g/mol. The van der Waals surface area contributed by atoms with Gasteiger partial charge in [-0.05, 0) is 36.0 Å². The van der Waals surface area contributed by atoms with Crippen LogP contribution in [-0.2, 0) is 14.1 Å². The van der Waals surface area contributed by atoms with Gasteiger partial charge >= 0.3 is 5.69 Å². The van der Waals surface area contributed by atoms with Gasteiger partial charge in [0.05, 0.1) is 11.0 Å². The average molecular weight is 309 g/mol. The van der Waals surface area contributed by atoms with E-state index in [0.717, 1.165) is 22.9 Å². The van der Waals surface area contributed by atoms with Crippen LogP contribution >= 0.6 is 15.9 Å². The fourth-order valence-corrected chi connectivity index (χ4v) is 3.72. The number of halogens is 1. The summed E-state index contributed by atoms with van der Waals surface area (Å²) in [6.45, 7) is 2.29. The molecule has 0 N–H and O–H groups in total. The van der Waals surface area contributed by atoms with Gasteiger partial charge in [-0.3, -0.25) is 9.13 Å². The van der Waals surface area contributed by atoms with E-state index in [1.807, 2.05) is 20.2 Å². The summed E-state index contributed by atoms with van der Waals surface area (Å²) in [4.78, 5) is 12.3. The van der Waals surface area contributed by atoms with E-state index < -0.39 is 0 Å². The van der Waals surface area contributed by atoms with Crippen molar-refractivity contribution in [2.75, 3.05) is 0 Å². The predicted molar refractivity (Wildman–Crippen MR) is 77.1 cm³/mol. The molecule has 1 aliphatic rings. The van der Waals surface area contributed by atoms with E-state index in [2.05, 4.69) is 35.0 Å². The minimum atomic E-state index is 0.0352. The quantitative estimate of drug-likeness (QED) is 0.784. The van der Waals surface area contributed by atoms with Gasteiger partial charge < -0.3 is 0 Å². The summed E-state index contributed by atoms with van der Waals surface area (Å²) in [6.07, 6.45) is 1.29. The molecule has 0 amide bonds. The zero-order valence-corrected chi connectivity index (χ0v) is 12.4. The largest absolute Gasteiger partial charge is 0.328 e. The summed E-state index contributed by atoms with van der Waals surface area (Å²) >= 11 is 3.79. The number of nitrogens with zero attached hydrogens (tertiary/aromatic N) is 2. The second-order valence-corrected chi connectivity index (χ2v) is 6.41. The van der Waals surface area contributed by atoms with Crippen LogP contribution in [0, 0.1) is 11.8 Å². The van der Waals surface area contributed by atoms with Crippen LogP contribution in [0.15, 0.2) is 23.0 Å². The highest BCUT2D eigenvalue weighted by Crippen LogP contribution is 2.51. The predicted octanol–water partition coefficient (Wildman–Crippen LogP) is 2.97. The Morgan fingerprint density at radius 3 is 2.50 bits per heavy atom. The molecule has 1 saturated carbocycles. The molecule has 1 aromatic heterocycles. The van der Waals surface area contributed by atoms with Crippen molar-refractivity contribution in [1.82, 2.24) is 9.13 Å². The minimum absolute atomic E-state index is 0.0352. The molecule has 3 nitrogen and oxygen atoms in total. The third-order valence-corrected chi connectivity index (χ3v) is 5.37. The van der Waals surface area contributed by atoms with Crippen molar-refractivity contribution in [1.29, 1.82) is 0 Å². The van der Waals surface area contributed by atoms with Gasteiger partial charge in [0.1, 0.15) is 0 Å². The smallest absolute Gasteiger partial charge is 0.295 e. The lowest BCUT2D eigenvalue weighted by atomic mass is 10.1. The van der Waals surface area contributed by atoms with Gasteiger partial charge in [0.25, 0.3) is 0 Å². The van der Waals surface area contributed by atoms with Gasteiger partial charge in [0, 0.05) is 18.9 Å². The van der Waals surface area contributed by atoms with E-state index in [-0.39, 0.29) is 5.69 Å². The summed E-state index contributed by atoms with van der Waals surface area (Å²) in [5.74, 6) is 1.55. The maximum atomic E-state index is 11.9. The van der Waals surface area contributed by atoms with Gasteiger partial charge in [-0.2, -0.15) is 0 Å². The number of benzene rings is 1. The fraction of sp³-hybridized carbons (Fsp3) is 0.500. The van der Waals surface area contributed by atoms with Crippen LogP contribution in [0.1, 0.15) is 23.7 Å².